The van der Waals surface area contributed by atoms with E-state index in [-0.39, 0.29) is 0 Å². The molecule has 2 heterocycles. The summed E-state index contributed by atoms with van der Waals surface area (Å²) in [6.45, 7) is 5.80. The van der Waals surface area contributed by atoms with Crippen LogP contribution in [0.2, 0.25) is 0 Å². The minimum Gasteiger partial charge on any atom is -0.314 e. The second-order valence-corrected chi connectivity index (χ2v) is 6.93. The molecule has 2 aliphatic rings. The molecule has 0 saturated carbocycles. The molecule has 1 N–H and O–H groups in total. The van der Waals surface area contributed by atoms with Crippen LogP contribution in [0.25, 0.3) is 0 Å². The number of hydrogen-bond donors (Lipinski definition) is 1. The van der Waals surface area contributed by atoms with E-state index < -0.39 is 0 Å². The number of fused-ring (bicyclic) bond motifs is 2. The molecule has 0 radical (unpaired) electrons. The molecule has 2 fully saturated rings. The van der Waals surface area contributed by atoms with E-state index in [2.05, 4.69) is 54.4 Å². The third kappa shape index (κ3) is 3.49. The maximum atomic E-state index is 3.68. The van der Waals surface area contributed by atoms with Gasteiger partial charge in [0.25, 0.3) is 0 Å². The molecule has 3 rings (SSSR count). The van der Waals surface area contributed by atoms with E-state index in [1.165, 1.54) is 44.1 Å². The fourth-order valence-electron chi connectivity index (χ4n) is 4.56. The molecule has 0 amide bonds. The highest BCUT2D eigenvalue weighted by molar-refractivity contribution is 5.15. The van der Waals surface area contributed by atoms with Crippen LogP contribution in [0.1, 0.15) is 51.5 Å². The third-order valence-corrected chi connectivity index (χ3v) is 5.48. The van der Waals surface area contributed by atoms with Crippen molar-refractivity contribution in [2.24, 2.45) is 0 Å². The average molecular weight is 286 g/mol. The number of benzene rings is 1. The topological polar surface area (TPSA) is 15.3 Å². The zero-order valence-corrected chi connectivity index (χ0v) is 13.6. The molecule has 116 valence electrons. The Hall–Kier alpha value is -0.860. The summed E-state index contributed by atoms with van der Waals surface area (Å²) in [4.78, 5) is 2.86. The van der Waals surface area contributed by atoms with E-state index in [0.29, 0.717) is 0 Å². The molecule has 2 aliphatic heterocycles. The molecule has 0 spiro atoms. The first kappa shape index (κ1) is 15.1. The average Bonchev–Trinajstić information content (AvgIpc) is 2.78. The number of nitrogens with one attached hydrogen (secondary N) is 1. The van der Waals surface area contributed by atoms with Gasteiger partial charge >= 0.3 is 0 Å². The van der Waals surface area contributed by atoms with Gasteiger partial charge in [0.15, 0.2) is 0 Å². The highest BCUT2D eigenvalue weighted by atomic mass is 15.3. The van der Waals surface area contributed by atoms with Gasteiger partial charge in [-0.1, -0.05) is 37.3 Å². The number of nitrogens with zero attached hydrogens (tertiary/aromatic N) is 1. The third-order valence-electron chi connectivity index (χ3n) is 5.48. The van der Waals surface area contributed by atoms with Crippen molar-refractivity contribution in [2.45, 2.75) is 76.5 Å². The molecule has 3 unspecified atom stereocenters. The lowest BCUT2D eigenvalue weighted by molar-refractivity contribution is 0.0740. The fourth-order valence-corrected chi connectivity index (χ4v) is 4.56. The van der Waals surface area contributed by atoms with Crippen molar-refractivity contribution in [1.82, 2.24) is 10.2 Å². The van der Waals surface area contributed by atoms with E-state index in [4.69, 9.17) is 0 Å². The van der Waals surface area contributed by atoms with Crippen LogP contribution in [0, 0.1) is 0 Å². The molecule has 2 bridgehead atoms. The van der Waals surface area contributed by atoms with E-state index in [1.807, 2.05) is 0 Å². The Morgan fingerprint density at radius 2 is 1.81 bits per heavy atom. The Labute approximate surface area is 129 Å². The van der Waals surface area contributed by atoms with Gasteiger partial charge in [-0.25, -0.2) is 0 Å². The van der Waals surface area contributed by atoms with E-state index in [1.54, 1.807) is 0 Å². The monoisotopic (exact) mass is 286 g/mol. The molecule has 21 heavy (non-hydrogen) atoms. The van der Waals surface area contributed by atoms with Crippen LogP contribution < -0.4 is 5.32 Å². The Morgan fingerprint density at radius 3 is 2.43 bits per heavy atom. The van der Waals surface area contributed by atoms with E-state index >= 15 is 0 Å². The maximum Gasteiger partial charge on any atom is 0.0116 e. The van der Waals surface area contributed by atoms with Gasteiger partial charge in [0.1, 0.15) is 0 Å². The Morgan fingerprint density at radius 1 is 1.14 bits per heavy atom. The van der Waals surface area contributed by atoms with Crippen molar-refractivity contribution in [3.05, 3.63) is 35.9 Å². The number of piperidine rings is 1. The predicted molar refractivity (Wildman–Crippen MR) is 89.6 cm³/mol. The maximum absolute atomic E-state index is 3.68. The first-order chi connectivity index (χ1) is 10.3. The van der Waals surface area contributed by atoms with E-state index in [0.717, 1.165) is 30.7 Å². The lowest BCUT2D eigenvalue weighted by Crippen LogP contribution is -2.52. The van der Waals surface area contributed by atoms with Crippen LogP contribution >= 0.6 is 0 Å². The molecule has 2 nitrogen and oxygen atoms in total. The van der Waals surface area contributed by atoms with Crippen LogP contribution in [0.5, 0.6) is 0 Å². The Balaban J connectivity index is 1.55. The lowest BCUT2D eigenvalue weighted by Gasteiger charge is -2.43. The minimum absolute atomic E-state index is 0.727. The second-order valence-electron chi connectivity index (χ2n) is 6.93. The molecular formula is C19H30N2. The summed E-state index contributed by atoms with van der Waals surface area (Å²) in [5.74, 6) is 0. The van der Waals surface area contributed by atoms with Crippen LogP contribution in [0.3, 0.4) is 0 Å². The standard InChI is InChI=1S/C19H30N2/c1-3-20-17-13-18-11-12-19(14-17)21(18)15(2)9-10-16-7-5-4-6-8-16/h4-8,15,17-20H,3,9-14H2,1-2H3. The molecule has 2 heteroatoms. The van der Waals surface area contributed by atoms with Gasteiger partial charge < -0.3 is 5.32 Å². The van der Waals surface area contributed by atoms with Crippen molar-refractivity contribution in [3.8, 4) is 0 Å². The Kier molecular flexibility index (Phi) is 4.97. The zero-order valence-electron chi connectivity index (χ0n) is 13.6. The lowest BCUT2D eigenvalue weighted by atomic mass is 9.94. The van der Waals surface area contributed by atoms with Crippen molar-refractivity contribution >= 4 is 0 Å². The molecule has 0 aliphatic carbocycles. The highest BCUT2D eigenvalue weighted by Crippen LogP contribution is 2.38. The van der Waals surface area contributed by atoms with Gasteiger partial charge in [-0.15, -0.1) is 0 Å². The van der Waals surface area contributed by atoms with Gasteiger partial charge in [0.05, 0.1) is 0 Å². The summed E-state index contributed by atoms with van der Waals surface area (Å²) in [7, 11) is 0. The molecular weight excluding hydrogens is 256 g/mol. The van der Waals surface area contributed by atoms with Crippen LogP contribution in [0.15, 0.2) is 30.3 Å². The summed E-state index contributed by atoms with van der Waals surface area (Å²) in [5.41, 5.74) is 1.49. The predicted octanol–water partition coefficient (Wildman–Crippen LogP) is 3.61. The normalized spacial score (nSPS) is 30.5. The van der Waals surface area contributed by atoms with Crippen LogP contribution in [-0.2, 0) is 6.42 Å². The number of hydrogen-bond acceptors (Lipinski definition) is 2. The van der Waals surface area contributed by atoms with Gasteiger partial charge in [-0.05, 0) is 57.6 Å². The second kappa shape index (κ2) is 6.93. The molecule has 3 atom stereocenters. The summed E-state index contributed by atoms with van der Waals surface area (Å²) in [5, 5.41) is 3.68. The van der Waals surface area contributed by atoms with Crippen molar-refractivity contribution < 1.29 is 0 Å². The summed E-state index contributed by atoms with van der Waals surface area (Å²) < 4.78 is 0. The summed E-state index contributed by atoms with van der Waals surface area (Å²) in [6, 6.07) is 14.1. The van der Waals surface area contributed by atoms with Crippen LogP contribution in [0.4, 0.5) is 0 Å². The van der Waals surface area contributed by atoms with Crippen molar-refractivity contribution in [3.63, 3.8) is 0 Å². The molecule has 2 saturated heterocycles. The van der Waals surface area contributed by atoms with Gasteiger partial charge in [0.2, 0.25) is 0 Å². The quantitative estimate of drug-likeness (QED) is 0.859. The van der Waals surface area contributed by atoms with Gasteiger partial charge in [0, 0.05) is 24.2 Å². The van der Waals surface area contributed by atoms with Gasteiger partial charge in [-0.3, -0.25) is 4.90 Å². The number of aryl methyl sites for hydroxylation is 1. The van der Waals surface area contributed by atoms with Crippen molar-refractivity contribution in [1.29, 1.82) is 0 Å². The van der Waals surface area contributed by atoms with E-state index in [9.17, 15) is 0 Å². The SMILES string of the molecule is CCNC1CC2CCC(C1)N2C(C)CCc1ccccc1. The Bertz CT molecular complexity index is 416. The summed E-state index contributed by atoms with van der Waals surface area (Å²) >= 11 is 0. The zero-order chi connectivity index (χ0) is 14.7. The van der Waals surface area contributed by atoms with Crippen molar-refractivity contribution in [2.75, 3.05) is 6.54 Å². The fraction of sp³-hybridized carbons (Fsp3) is 0.684. The first-order valence-corrected chi connectivity index (χ1v) is 8.82. The smallest absolute Gasteiger partial charge is 0.0116 e. The summed E-state index contributed by atoms with van der Waals surface area (Å²) in [6.07, 6.45) is 8.07. The molecule has 0 aromatic heterocycles. The largest absolute Gasteiger partial charge is 0.314 e. The number of rotatable bonds is 6. The van der Waals surface area contributed by atoms with Gasteiger partial charge in [-0.2, -0.15) is 0 Å². The highest BCUT2D eigenvalue weighted by Gasteiger charge is 2.42. The molecule has 1 aromatic rings. The molecule has 1 aromatic carbocycles. The first-order valence-electron chi connectivity index (χ1n) is 8.82. The van der Waals surface area contributed by atoms with Crippen LogP contribution in [-0.4, -0.2) is 35.6 Å². The minimum atomic E-state index is 0.727.